The van der Waals surface area contributed by atoms with E-state index in [2.05, 4.69) is 4.74 Å². The number of carbonyl (C=O) groups excluding carboxylic acids is 2. The van der Waals surface area contributed by atoms with Crippen LogP contribution in [0.15, 0.2) is 12.1 Å². The van der Waals surface area contributed by atoms with Crippen LogP contribution in [0.2, 0.25) is 10.0 Å². The fourth-order valence-electron chi connectivity index (χ4n) is 2.02. The van der Waals surface area contributed by atoms with Gasteiger partial charge < -0.3 is 15.4 Å². The number of nitrogens with two attached hydrogens (primary N) is 1. The molecule has 19 heavy (non-hydrogen) atoms. The third-order valence-corrected chi connectivity index (χ3v) is 3.65. The summed E-state index contributed by atoms with van der Waals surface area (Å²) in [6.07, 6.45) is 0.102. The van der Waals surface area contributed by atoms with Crippen LogP contribution in [0.4, 0.5) is 11.4 Å². The molecule has 0 saturated carbocycles. The lowest BCUT2D eigenvalue weighted by atomic mass is 10.1. The second-order valence-corrected chi connectivity index (χ2v) is 5.07. The summed E-state index contributed by atoms with van der Waals surface area (Å²) >= 11 is 12.0. The Morgan fingerprint density at radius 3 is 2.74 bits per heavy atom. The number of carbonyl (C=O) groups is 2. The van der Waals surface area contributed by atoms with E-state index in [1.54, 1.807) is 0 Å². The molecular formula is C12H12Cl2N2O3. The predicted molar refractivity (Wildman–Crippen MR) is 73.4 cm³/mol. The van der Waals surface area contributed by atoms with Crippen molar-refractivity contribution in [3.8, 4) is 0 Å². The Morgan fingerprint density at radius 1 is 1.42 bits per heavy atom. The van der Waals surface area contributed by atoms with Crippen molar-refractivity contribution >= 4 is 46.5 Å². The van der Waals surface area contributed by atoms with Gasteiger partial charge in [0.15, 0.2) is 0 Å². The number of anilines is 2. The van der Waals surface area contributed by atoms with Crippen molar-refractivity contribution in [1.82, 2.24) is 0 Å². The van der Waals surface area contributed by atoms with Gasteiger partial charge in [0, 0.05) is 13.0 Å². The first kappa shape index (κ1) is 14.0. The first-order valence-electron chi connectivity index (χ1n) is 5.56. The van der Waals surface area contributed by atoms with Gasteiger partial charge in [-0.15, -0.1) is 0 Å². The fraction of sp³-hybridized carbons (Fsp3) is 0.333. The maximum Gasteiger partial charge on any atom is 0.311 e. The van der Waals surface area contributed by atoms with Crippen LogP contribution < -0.4 is 10.6 Å². The highest BCUT2D eigenvalue weighted by Gasteiger charge is 2.36. The second-order valence-electron chi connectivity index (χ2n) is 4.25. The number of nitrogen functional groups attached to an aromatic ring is 1. The molecule has 1 fully saturated rings. The monoisotopic (exact) mass is 302 g/mol. The number of methoxy groups -OCH3 is 1. The average Bonchev–Trinajstić information content (AvgIpc) is 2.75. The number of halogens is 2. The highest BCUT2D eigenvalue weighted by Crippen LogP contribution is 2.36. The molecule has 1 heterocycles. The van der Waals surface area contributed by atoms with Crippen LogP contribution in [0.1, 0.15) is 6.42 Å². The first-order chi connectivity index (χ1) is 8.93. The molecule has 1 atom stereocenters. The number of hydrogen-bond donors (Lipinski definition) is 1. The van der Waals surface area contributed by atoms with Crippen molar-refractivity contribution in [3.05, 3.63) is 22.2 Å². The molecule has 1 aromatic rings. The summed E-state index contributed by atoms with van der Waals surface area (Å²) < 4.78 is 4.64. The van der Waals surface area contributed by atoms with Gasteiger partial charge in [-0.25, -0.2) is 0 Å². The summed E-state index contributed by atoms with van der Waals surface area (Å²) in [5, 5.41) is 0.634. The molecule has 1 amide bonds. The zero-order chi connectivity index (χ0) is 14.2. The Hall–Kier alpha value is -1.46. The van der Waals surface area contributed by atoms with Crippen molar-refractivity contribution in [2.75, 3.05) is 24.3 Å². The van der Waals surface area contributed by atoms with Crippen molar-refractivity contribution < 1.29 is 14.3 Å². The van der Waals surface area contributed by atoms with Crippen molar-refractivity contribution in [3.63, 3.8) is 0 Å². The molecule has 1 aromatic carbocycles. The van der Waals surface area contributed by atoms with Crippen molar-refractivity contribution in [2.45, 2.75) is 6.42 Å². The molecule has 7 heteroatoms. The molecule has 2 N–H and O–H groups in total. The van der Waals surface area contributed by atoms with Gasteiger partial charge in [-0.3, -0.25) is 9.59 Å². The van der Waals surface area contributed by atoms with E-state index < -0.39 is 11.9 Å². The van der Waals surface area contributed by atoms with Gasteiger partial charge in [0.05, 0.1) is 34.4 Å². The molecule has 0 aliphatic carbocycles. The number of amides is 1. The van der Waals surface area contributed by atoms with Crippen LogP contribution in [0.25, 0.3) is 0 Å². The van der Waals surface area contributed by atoms with Gasteiger partial charge in [0.1, 0.15) is 0 Å². The first-order valence-corrected chi connectivity index (χ1v) is 6.32. The smallest absolute Gasteiger partial charge is 0.311 e. The van der Waals surface area contributed by atoms with Gasteiger partial charge >= 0.3 is 5.97 Å². The molecule has 0 spiro atoms. The minimum Gasteiger partial charge on any atom is -0.469 e. The van der Waals surface area contributed by atoms with Crippen molar-refractivity contribution in [2.24, 2.45) is 5.92 Å². The zero-order valence-electron chi connectivity index (χ0n) is 10.2. The molecule has 0 radical (unpaired) electrons. The van der Waals surface area contributed by atoms with Crippen LogP contribution in [-0.2, 0) is 14.3 Å². The highest BCUT2D eigenvalue weighted by molar-refractivity contribution is 6.37. The number of rotatable bonds is 2. The Kier molecular flexibility index (Phi) is 3.87. The van der Waals surface area contributed by atoms with E-state index in [4.69, 9.17) is 28.9 Å². The molecule has 102 valence electrons. The molecule has 5 nitrogen and oxygen atoms in total. The van der Waals surface area contributed by atoms with E-state index >= 15 is 0 Å². The van der Waals surface area contributed by atoms with Gasteiger partial charge in [0.25, 0.3) is 0 Å². The van der Waals surface area contributed by atoms with E-state index in [0.717, 1.165) is 0 Å². The van der Waals surface area contributed by atoms with E-state index in [1.165, 1.54) is 24.1 Å². The Bertz CT molecular complexity index is 548. The minimum absolute atomic E-state index is 0.102. The third-order valence-electron chi connectivity index (χ3n) is 3.02. The fourth-order valence-corrected chi connectivity index (χ4v) is 2.46. The summed E-state index contributed by atoms with van der Waals surface area (Å²) in [5.74, 6) is -1.09. The second kappa shape index (κ2) is 5.27. The van der Waals surface area contributed by atoms with Gasteiger partial charge in [-0.05, 0) is 12.1 Å². The lowest BCUT2D eigenvalue weighted by Crippen LogP contribution is -2.26. The highest BCUT2D eigenvalue weighted by atomic mass is 35.5. The number of hydrogen-bond acceptors (Lipinski definition) is 4. The molecule has 1 aliphatic heterocycles. The summed E-state index contributed by atoms with van der Waals surface area (Å²) in [4.78, 5) is 24.8. The van der Waals surface area contributed by atoms with Gasteiger partial charge in [-0.2, -0.15) is 0 Å². The maximum absolute atomic E-state index is 11.9. The summed E-state index contributed by atoms with van der Waals surface area (Å²) in [6.45, 7) is 0.228. The summed E-state index contributed by atoms with van der Waals surface area (Å²) in [5.41, 5.74) is 6.42. The largest absolute Gasteiger partial charge is 0.469 e. The molecule has 1 unspecified atom stereocenters. The molecule has 1 saturated heterocycles. The minimum atomic E-state index is -0.482. The molecule has 0 aromatic heterocycles. The SMILES string of the molecule is COC(=O)C1CC(=O)N(c2cc(Cl)c(N)cc2Cl)C1. The standard InChI is InChI=1S/C12H12Cl2N2O3/c1-19-12(18)6-2-11(17)16(5-6)10-4-7(13)9(15)3-8(10)14/h3-4,6H,2,5,15H2,1H3. The van der Waals surface area contributed by atoms with E-state index in [9.17, 15) is 9.59 Å². The molecule has 1 aliphatic rings. The number of esters is 1. The Labute approximate surface area is 120 Å². The Morgan fingerprint density at radius 2 is 2.11 bits per heavy atom. The number of nitrogens with zero attached hydrogens (tertiary/aromatic N) is 1. The maximum atomic E-state index is 11.9. The van der Waals surface area contributed by atoms with Crippen molar-refractivity contribution in [1.29, 1.82) is 0 Å². The van der Waals surface area contributed by atoms with Crippen LogP contribution >= 0.6 is 23.2 Å². The van der Waals surface area contributed by atoms with Crippen LogP contribution in [-0.4, -0.2) is 25.5 Å². The van der Waals surface area contributed by atoms with Crippen LogP contribution in [0, 0.1) is 5.92 Å². The van der Waals surface area contributed by atoms with Gasteiger partial charge in [-0.1, -0.05) is 23.2 Å². The summed E-state index contributed by atoms with van der Waals surface area (Å²) in [6, 6.07) is 3.01. The average molecular weight is 303 g/mol. The molecular weight excluding hydrogens is 291 g/mol. The summed E-state index contributed by atoms with van der Waals surface area (Å²) in [7, 11) is 1.29. The van der Waals surface area contributed by atoms with Gasteiger partial charge in [0.2, 0.25) is 5.91 Å². The third kappa shape index (κ3) is 2.62. The van der Waals surface area contributed by atoms with Crippen LogP contribution in [0.3, 0.4) is 0 Å². The number of benzene rings is 1. The number of ether oxygens (including phenoxy) is 1. The lowest BCUT2D eigenvalue weighted by molar-refractivity contribution is -0.145. The van der Waals surface area contributed by atoms with Crippen LogP contribution in [0.5, 0.6) is 0 Å². The Balaban J connectivity index is 2.30. The van der Waals surface area contributed by atoms with E-state index in [1.807, 2.05) is 0 Å². The molecule has 2 rings (SSSR count). The van der Waals surface area contributed by atoms with E-state index in [0.29, 0.717) is 21.4 Å². The topological polar surface area (TPSA) is 72.6 Å². The predicted octanol–water partition coefficient (Wildman–Crippen LogP) is 2.10. The molecule has 0 bridgehead atoms. The zero-order valence-corrected chi connectivity index (χ0v) is 11.7. The quantitative estimate of drug-likeness (QED) is 0.671. The normalized spacial score (nSPS) is 18.8. The van der Waals surface area contributed by atoms with E-state index in [-0.39, 0.29) is 18.9 Å². The lowest BCUT2D eigenvalue weighted by Gasteiger charge is -2.18.